The first kappa shape index (κ1) is 25.3. The predicted molar refractivity (Wildman–Crippen MR) is 157 cm³/mol. The Kier molecular flexibility index (Phi) is 6.78. The van der Waals surface area contributed by atoms with Crippen molar-refractivity contribution in [2.45, 2.75) is 20.8 Å². The van der Waals surface area contributed by atoms with Crippen molar-refractivity contribution >= 4 is 38.8 Å². The third-order valence-electron chi connectivity index (χ3n) is 6.71. The number of anilines is 2. The normalized spacial score (nSPS) is 11.0. The number of aryl methyl sites for hydroxylation is 3. The Morgan fingerprint density at radius 3 is 2.24 bits per heavy atom. The Labute approximate surface area is 226 Å². The second-order valence-electron chi connectivity index (χ2n) is 9.27. The number of nitrogen functional groups attached to an aromatic ring is 1. The number of ether oxygens (including phenoxy) is 2. The smallest absolute Gasteiger partial charge is 0.267 e. The highest BCUT2D eigenvalue weighted by molar-refractivity contribution is 7.21. The number of nitrogens with one attached hydrogen (secondary N) is 1. The molecule has 3 aromatic carbocycles. The summed E-state index contributed by atoms with van der Waals surface area (Å²) in [5, 5.41) is 3.74. The van der Waals surface area contributed by atoms with Gasteiger partial charge in [-0.25, -0.2) is 4.98 Å². The lowest BCUT2D eigenvalue weighted by molar-refractivity contribution is 0.103. The quantitative estimate of drug-likeness (QED) is 0.242. The molecule has 0 saturated heterocycles. The molecular weight excluding hydrogens is 494 g/mol. The van der Waals surface area contributed by atoms with E-state index in [1.807, 2.05) is 68.4 Å². The lowest BCUT2D eigenvalue weighted by Crippen LogP contribution is -2.12. The molecule has 0 aliphatic heterocycles. The Bertz CT molecular complexity index is 1670. The van der Waals surface area contributed by atoms with E-state index in [4.69, 9.17) is 20.2 Å². The molecule has 6 nitrogen and oxygen atoms in total. The second-order valence-corrected chi connectivity index (χ2v) is 10.3. The van der Waals surface area contributed by atoms with E-state index in [0.29, 0.717) is 26.9 Å². The monoisotopic (exact) mass is 523 g/mol. The van der Waals surface area contributed by atoms with E-state index in [1.165, 1.54) is 16.9 Å². The zero-order chi connectivity index (χ0) is 27.0. The van der Waals surface area contributed by atoms with Crippen LogP contribution in [0.15, 0.2) is 66.7 Å². The molecule has 2 heterocycles. The molecule has 5 rings (SSSR count). The molecule has 0 atom stereocenters. The van der Waals surface area contributed by atoms with E-state index in [0.717, 1.165) is 44.6 Å². The summed E-state index contributed by atoms with van der Waals surface area (Å²) >= 11 is 1.29. The highest BCUT2D eigenvalue weighted by Gasteiger charge is 2.22. The average Bonchev–Trinajstić information content (AvgIpc) is 3.26. The molecule has 5 aromatic rings. The van der Waals surface area contributed by atoms with Crippen molar-refractivity contribution in [2.75, 3.05) is 25.3 Å². The number of benzene rings is 3. The van der Waals surface area contributed by atoms with Crippen LogP contribution in [0, 0.1) is 20.8 Å². The van der Waals surface area contributed by atoms with Gasteiger partial charge in [0.1, 0.15) is 9.71 Å². The van der Waals surface area contributed by atoms with Crippen LogP contribution in [0.5, 0.6) is 11.5 Å². The third kappa shape index (κ3) is 4.68. The molecule has 2 aromatic heterocycles. The van der Waals surface area contributed by atoms with Gasteiger partial charge in [0.2, 0.25) is 0 Å². The molecule has 0 radical (unpaired) electrons. The van der Waals surface area contributed by atoms with E-state index in [-0.39, 0.29) is 5.91 Å². The SMILES string of the molecule is COc1ccc(-c2cc(-c3ccc(C)cc3)nc3sc(C(=O)Nc4ccc(C)c(C)c4)c(N)c23)cc1OC. The molecular formula is C31H29N3O3S. The van der Waals surface area contributed by atoms with E-state index in [1.54, 1.807) is 14.2 Å². The van der Waals surface area contributed by atoms with Gasteiger partial charge in [-0.2, -0.15) is 0 Å². The molecule has 192 valence electrons. The number of pyridine rings is 1. The zero-order valence-corrected chi connectivity index (χ0v) is 22.8. The van der Waals surface area contributed by atoms with Gasteiger partial charge < -0.3 is 20.5 Å². The maximum absolute atomic E-state index is 13.4. The predicted octanol–water partition coefficient (Wildman–Crippen LogP) is 7.41. The number of carbonyl (C=O) groups excluding carboxylic acids is 1. The van der Waals surface area contributed by atoms with Crippen LogP contribution in [-0.4, -0.2) is 25.1 Å². The molecule has 0 aliphatic rings. The van der Waals surface area contributed by atoms with Gasteiger partial charge in [0.05, 0.1) is 25.6 Å². The number of fused-ring (bicyclic) bond motifs is 1. The van der Waals surface area contributed by atoms with Crippen molar-refractivity contribution in [2.24, 2.45) is 0 Å². The molecule has 0 spiro atoms. The molecule has 0 bridgehead atoms. The summed E-state index contributed by atoms with van der Waals surface area (Å²) in [7, 11) is 3.21. The van der Waals surface area contributed by atoms with E-state index in [2.05, 4.69) is 24.4 Å². The van der Waals surface area contributed by atoms with E-state index >= 15 is 0 Å². The van der Waals surface area contributed by atoms with Crippen LogP contribution in [0.1, 0.15) is 26.4 Å². The number of nitrogens with zero attached hydrogens (tertiary/aromatic N) is 1. The molecule has 38 heavy (non-hydrogen) atoms. The van der Waals surface area contributed by atoms with Crippen molar-refractivity contribution in [3.8, 4) is 33.9 Å². The summed E-state index contributed by atoms with van der Waals surface area (Å²) in [5.41, 5.74) is 14.8. The summed E-state index contributed by atoms with van der Waals surface area (Å²) in [5.74, 6) is 0.976. The summed E-state index contributed by atoms with van der Waals surface area (Å²) in [6, 6.07) is 21.8. The topological polar surface area (TPSA) is 86.5 Å². The van der Waals surface area contributed by atoms with Gasteiger partial charge in [-0.3, -0.25) is 4.79 Å². The fourth-order valence-electron chi connectivity index (χ4n) is 4.40. The van der Waals surface area contributed by atoms with Crippen molar-refractivity contribution in [1.29, 1.82) is 0 Å². The fourth-order valence-corrected chi connectivity index (χ4v) is 5.42. The minimum atomic E-state index is -0.260. The van der Waals surface area contributed by atoms with Crippen LogP contribution in [-0.2, 0) is 0 Å². The standard InChI is InChI=1S/C31H29N3O3S/c1-17-6-9-20(10-7-17)24-16-23(21-11-13-25(36-4)26(15-21)37-5)27-28(32)29(38-31(27)34-24)30(35)33-22-12-8-18(2)19(3)14-22/h6-16H,32H2,1-5H3,(H,33,35). The highest BCUT2D eigenvalue weighted by Crippen LogP contribution is 2.43. The van der Waals surface area contributed by atoms with Crippen LogP contribution in [0.2, 0.25) is 0 Å². The van der Waals surface area contributed by atoms with Crippen LogP contribution >= 0.6 is 11.3 Å². The Morgan fingerprint density at radius 2 is 1.55 bits per heavy atom. The van der Waals surface area contributed by atoms with Gasteiger partial charge >= 0.3 is 0 Å². The van der Waals surface area contributed by atoms with Crippen LogP contribution in [0.3, 0.4) is 0 Å². The lowest BCUT2D eigenvalue weighted by Gasteiger charge is -2.12. The fraction of sp³-hybridized carbons (Fsp3) is 0.161. The number of thiophene rings is 1. The van der Waals surface area contributed by atoms with E-state index < -0.39 is 0 Å². The zero-order valence-electron chi connectivity index (χ0n) is 22.0. The number of carbonyl (C=O) groups is 1. The second kappa shape index (κ2) is 10.2. The molecule has 0 aliphatic carbocycles. The van der Waals surface area contributed by atoms with Crippen molar-refractivity contribution in [3.63, 3.8) is 0 Å². The van der Waals surface area contributed by atoms with Crippen molar-refractivity contribution in [3.05, 3.63) is 88.3 Å². The molecule has 0 saturated carbocycles. The minimum absolute atomic E-state index is 0.260. The third-order valence-corrected chi connectivity index (χ3v) is 7.81. The van der Waals surface area contributed by atoms with Gasteiger partial charge in [0.15, 0.2) is 11.5 Å². The van der Waals surface area contributed by atoms with Crippen LogP contribution in [0.4, 0.5) is 11.4 Å². The van der Waals surface area contributed by atoms with Crippen LogP contribution in [0.25, 0.3) is 32.6 Å². The summed E-state index contributed by atoms with van der Waals surface area (Å²) < 4.78 is 11.0. The van der Waals surface area contributed by atoms with Crippen molar-refractivity contribution in [1.82, 2.24) is 4.98 Å². The maximum Gasteiger partial charge on any atom is 0.267 e. The number of amides is 1. The number of hydrogen-bond acceptors (Lipinski definition) is 6. The number of rotatable bonds is 6. The Hall–Kier alpha value is -4.36. The van der Waals surface area contributed by atoms with Gasteiger partial charge in [-0.05, 0) is 73.4 Å². The first-order valence-electron chi connectivity index (χ1n) is 12.2. The number of nitrogens with two attached hydrogens (primary N) is 1. The first-order chi connectivity index (χ1) is 18.3. The van der Waals surface area contributed by atoms with Gasteiger partial charge in [0.25, 0.3) is 5.91 Å². The summed E-state index contributed by atoms with van der Waals surface area (Å²) in [6.07, 6.45) is 0. The van der Waals surface area contributed by atoms with Gasteiger partial charge in [-0.1, -0.05) is 42.0 Å². The van der Waals surface area contributed by atoms with Crippen molar-refractivity contribution < 1.29 is 14.3 Å². The molecule has 0 unspecified atom stereocenters. The van der Waals surface area contributed by atoms with E-state index in [9.17, 15) is 4.79 Å². The number of aromatic nitrogens is 1. The molecule has 1 amide bonds. The first-order valence-corrected chi connectivity index (χ1v) is 13.0. The molecule has 7 heteroatoms. The van der Waals surface area contributed by atoms with Gasteiger partial charge in [0, 0.05) is 16.6 Å². The maximum atomic E-state index is 13.4. The largest absolute Gasteiger partial charge is 0.493 e. The Balaban J connectivity index is 1.68. The average molecular weight is 524 g/mol. The number of hydrogen-bond donors (Lipinski definition) is 2. The molecule has 3 N–H and O–H groups in total. The van der Waals surface area contributed by atoms with Crippen LogP contribution < -0.4 is 20.5 Å². The summed E-state index contributed by atoms with van der Waals surface area (Å²) in [6.45, 7) is 6.11. The molecule has 0 fully saturated rings. The Morgan fingerprint density at radius 1 is 0.842 bits per heavy atom. The lowest BCUT2D eigenvalue weighted by atomic mass is 9.98. The summed E-state index contributed by atoms with van der Waals surface area (Å²) in [4.78, 5) is 19.4. The minimum Gasteiger partial charge on any atom is -0.493 e. The highest BCUT2D eigenvalue weighted by atomic mass is 32.1. The van der Waals surface area contributed by atoms with Gasteiger partial charge in [-0.15, -0.1) is 11.3 Å². The number of methoxy groups -OCH3 is 2.